The van der Waals surface area contributed by atoms with Crippen molar-refractivity contribution in [3.8, 4) is 0 Å². The lowest BCUT2D eigenvalue weighted by Gasteiger charge is -2.06. The van der Waals surface area contributed by atoms with Crippen molar-refractivity contribution in [1.82, 2.24) is 9.97 Å². The lowest BCUT2D eigenvalue weighted by molar-refractivity contribution is -0.384. The number of pyridine rings is 1. The van der Waals surface area contributed by atoms with Crippen LogP contribution in [0.3, 0.4) is 0 Å². The van der Waals surface area contributed by atoms with Gasteiger partial charge < -0.3 is 4.98 Å². The van der Waals surface area contributed by atoms with E-state index in [1.807, 2.05) is 4.72 Å². The third-order valence-electron chi connectivity index (χ3n) is 2.29. The van der Waals surface area contributed by atoms with Gasteiger partial charge in [-0.1, -0.05) is 22.9 Å². The Morgan fingerprint density at radius 1 is 1.48 bits per heavy atom. The molecule has 0 unspecified atom stereocenters. The molecule has 2 aromatic heterocycles. The van der Waals surface area contributed by atoms with E-state index in [0.29, 0.717) is 11.3 Å². The zero-order valence-electron chi connectivity index (χ0n) is 10.3. The highest BCUT2D eigenvalue weighted by Crippen LogP contribution is 2.27. The molecule has 112 valence electrons. The van der Waals surface area contributed by atoms with E-state index in [1.165, 1.54) is 6.92 Å². The molecular formula is C9H7ClN4O5S2. The van der Waals surface area contributed by atoms with Crippen LogP contribution in [0.2, 0.25) is 5.15 Å². The van der Waals surface area contributed by atoms with Crippen LogP contribution in [0, 0.1) is 17.0 Å². The number of H-pyrrole nitrogens is 1. The Kier molecular flexibility index (Phi) is 3.98. The van der Waals surface area contributed by atoms with Gasteiger partial charge in [-0.3, -0.25) is 19.6 Å². The van der Waals surface area contributed by atoms with Gasteiger partial charge in [-0.15, -0.1) is 0 Å². The van der Waals surface area contributed by atoms with E-state index in [4.69, 9.17) is 11.6 Å². The molecule has 0 saturated heterocycles. The minimum Gasteiger partial charge on any atom is -0.315 e. The molecule has 0 amide bonds. The fourth-order valence-corrected chi connectivity index (χ4v) is 3.94. The Morgan fingerprint density at radius 2 is 2.14 bits per heavy atom. The maximum absolute atomic E-state index is 12.2. The summed E-state index contributed by atoms with van der Waals surface area (Å²) in [5, 5.41) is 10.7. The normalized spacial score (nSPS) is 11.3. The molecule has 0 aliphatic rings. The Morgan fingerprint density at radius 3 is 2.67 bits per heavy atom. The van der Waals surface area contributed by atoms with Crippen LogP contribution in [0.5, 0.6) is 0 Å². The van der Waals surface area contributed by atoms with Gasteiger partial charge in [-0.25, -0.2) is 13.4 Å². The molecule has 2 heterocycles. The number of sulfonamides is 1. The third-order valence-corrected chi connectivity index (χ3v) is 5.45. The Labute approximate surface area is 126 Å². The second-order valence-corrected chi connectivity index (χ2v) is 7.04. The van der Waals surface area contributed by atoms with E-state index >= 15 is 0 Å². The van der Waals surface area contributed by atoms with E-state index in [2.05, 4.69) is 9.97 Å². The Balaban J connectivity index is 2.51. The van der Waals surface area contributed by atoms with E-state index in [1.54, 1.807) is 0 Å². The SMILES string of the molecule is Cc1[nH]c(=O)sc1S(=O)(=O)Nc1nc(Cl)ccc1[N+](=O)[O-]. The highest BCUT2D eigenvalue weighted by Gasteiger charge is 2.25. The number of anilines is 1. The summed E-state index contributed by atoms with van der Waals surface area (Å²) in [7, 11) is -4.18. The van der Waals surface area contributed by atoms with E-state index in [9.17, 15) is 23.3 Å². The molecule has 0 aliphatic carbocycles. The maximum atomic E-state index is 12.2. The fraction of sp³-hybridized carbons (Fsp3) is 0.111. The van der Waals surface area contributed by atoms with Crippen LogP contribution < -0.4 is 9.60 Å². The maximum Gasteiger partial charge on any atom is 0.312 e. The number of rotatable bonds is 4. The van der Waals surface area contributed by atoms with Crippen LogP contribution in [0.15, 0.2) is 21.1 Å². The second-order valence-electron chi connectivity index (χ2n) is 3.79. The average Bonchev–Trinajstić information content (AvgIpc) is 2.68. The summed E-state index contributed by atoms with van der Waals surface area (Å²) < 4.78 is 26.0. The molecule has 2 rings (SSSR count). The van der Waals surface area contributed by atoms with Crippen molar-refractivity contribution in [3.05, 3.63) is 42.8 Å². The van der Waals surface area contributed by atoms with Crippen molar-refractivity contribution in [3.63, 3.8) is 0 Å². The lowest BCUT2D eigenvalue weighted by Crippen LogP contribution is -2.15. The van der Waals surface area contributed by atoms with Gasteiger partial charge in [0, 0.05) is 11.8 Å². The molecule has 9 nitrogen and oxygen atoms in total. The summed E-state index contributed by atoms with van der Waals surface area (Å²) in [4.78, 5) is 26.6. The zero-order valence-corrected chi connectivity index (χ0v) is 12.7. The van der Waals surface area contributed by atoms with Crippen molar-refractivity contribution < 1.29 is 13.3 Å². The van der Waals surface area contributed by atoms with Crippen molar-refractivity contribution in [2.75, 3.05) is 4.72 Å². The molecule has 2 aromatic rings. The van der Waals surface area contributed by atoms with Crippen LogP contribution in [-0.4, -0.2) is 23.3 Å². The first-order valence-electron chi connectivity index (χ1n) is 5.24. The number of nitro groups is 1. The predicted molar refractivity (Wildman–Crippen MR) is 76.4 cm³/mol. The number of hydrogen-bond donors (Lipinski definition) is 2. The second kappa shape index (κ2) is 5.42. The Bertz CT molecular complexity index is 873. The minimum atomic E-state index is -4.18. The molecule has 0 radical (unpaired) electrons. The van der Waals surface area contributed by atoms with Crippen molar-refractivity contribution >= 4 is 44.5 Å². The average molecular weight is 351 g/mol. The van der Waals surface area contributed by atoms with Crippen LogP contribution in [-0.2, 0) is 10.0 Å². The molecule has 2 N–H and O–H groups in total. The zero-order chi connectivity index (χ0) is 15.8. The van der Waals surface area contributed by atoms with E-state index in [0.717, 1.165) is 12.1 Å². The van der Waals surface area contributed by atoms with Crippen LogP contribution in [0.25, 0.3) is 0 Å². The number of nitrogens with one attached hydrogen (secondary N) is 2. The molecule has 0 spiro atoms. The third kappa shape index (κ3) is 3.20. The predicted octanol–water partition coefficient (Wildman–Crippen LogP) is 1.50. The number of nitrogens with zero attached hydrogens (tertiary/aromatic N) is 2. The van der Waals surface area contributed by atoms with Gasteiger partial charge in [-0.05, 0) is 13.0 Å². The molecule has 0 aliphatic heterocycles. The van der Waals surface area contributed by atoms with Crippen LogP contribution in [0.1, 0.15) is 5.69 Å². The highest BCUT2D eigenvalue weighted by atomic mass is 35.5. The van der Waals surface area contributed by atoms with Crippen LogP contribution >= 0.6 is 22.9 Å². The summed E-state index contributed by atoms with van der Waals surface area (Å²) in [6, 6.07) is 2.19. The van der Waals surface area contributed by atoms with Gasteiger partial charge in [0.2, 0.25) is 5.82 Å². The number of hydrogen-bond acceptors (Lipinski definition) is 7. The van der Waals surface area contributed by atoms with Gasteiger partial charge >= 0.3 is 10.6 Å². The number of aromatic nitrogens is 2. The lowest BCUT2D eigenvalue weighted by atomic mass is 10.4. The van der Waals surface area contributed by atoms with E-state index in [-0.39, 0.29) is 15.1 Å². The number of halogens is 1. The van der Waals surface area contributed by atoms with Crippen molar-refractivity contribution in [2.24, 2.45) is 0 Å². The van der Waals surface area contributed by atoms with Crippen molar-refractivity contribution in [1.29, 1.82) is 0 Å². The standard InChI is InChI=1S/C9H7ClN4O5S2/c1-4-8(20-9(15)11-4)21(18,19)13-7-5(14(16)17)2-3-6(10)12-7/h2-3H,1H3,(H,11,15)(H,12,13). The van der Waals surface area contributed by atoms with Gasteiger partial charge in [0.15, 0.2) is 4.21 Å². The largest absolute Gasteiger partial charge is 0.315 e. The molecule has 0 saturated carbocycles. The summed E-state index contributed by atoms with van der Waals surface area (Å²) in [5.74, 6) is -0.521. The fourth-order valence-electron chi connectivity index (χ4n) is 1.47. The summed E-state index contributed by atoms with van der Waals surface area (Å²) >= 11 is 6.08. The van der Waals surface area contributed by atoms with Gasteiger partial charge in [0.1, 0.15) is 5.15 Å². The highest BCUT2D eigenvalue weighted by molar-refractivity contribution is 7.94. The number of thiazole rings is 1. The van der Waals surface area contributed by atoms with Crippen LogP contribution in [0.4, 0.5) is 11.5 Å². The monoisotopic (exact) mass is 350 g/mol. The molecule has 21 heavy (non-hydrogen) atoms. The summed E-state index contributed by atoms with van der Waals surface area (Å²) in [6.45, 7) is 1.40. The smallest absolute Gasteiger partial charge is 0.312 e. The molecule has 0 aromatic carbocycles. The Hall–Kier alpha value is -1.98. The molecule has 12 heteroatoms. The summed E-state index contributed by atoms with van der Waals surface area (Å²) in [6.07, 6.45) is 0. The van der Waals surface area contributed by atoms with E-state index < -0.39 is 31.3 Å². The first-order chi connectivity index (χ1) is 9.70. The number of aromatic amines is 1. The molecule has 0 atom stereocenters. The first-order valence-corrected chi connectivity index (χ1v) is 7.92. The quantitative estimate of drug-likeness (QED) is 0.487. The first kappa shape index (κ1) is 15.4. The number of aryl methyl sites for hydroxylation is 1. The molecule has 0 bridgehead atoms. The van der Waals surface area contributed by atoms with Crippen molar-refractivity contribution in [2.45, 2.75) is 11.1 Å². The molecule has 0 fully saturated rings. The minimum absolute atomic E-state index is 0.114. The van der Waals surface area contributed by atoms with Gasteiger partial charge in [0.25, 0.3) is 10.0 Å². The summed E-state index contributed by atoms with van der Waals surface area (Å²) in [5.41, 5.74) is -0.425. The van der Waals surface area contributed by atoms with Gasteiger partial charge in [-0.2, -0.15) is 0 Å². The topological polar surface area (TPSA) is 135 Å². The van der Waals surface area contributed by atoms with Gasteiger partial charge in [0.05, 0.1) is 4.92 Å². The molecular weight excluding hydrogens is 344 g/mol.